The average molecular weight is 292 g/mol. The summed E-state index contributed by atoms with van der Waals surface area (Å²) in [7, 11) is 1.99. The molecule has 0 N–H and O–H groups in total. The van der Waals surface area contributed by atoms with Crippen molar-refractivity contribution < 1.29 is 9.59 Å². The van der Waals surface area contributed by atoms with E-state index in [4.69, 9.17) is 0 Å². The third-order valence-corrected chi connectivity index (χ3v) is 4.43. The van der Waals surface area contributed by atoms with Crippen LogP contribution >= 0.6 is 11.8 Å². The molecule has 0 unspecified atom stereocenters. The molecule has 108 valence electrons. The summed E-state index contributed by atoms with van der Waals surface area (Å²) in [6, 6.07) is 2.03. The molecule has 0 spiro atoms. The van der Waals surface area contributed by atoms with Gasteiger partial charge in [-0.3, -0.25) is 14.5 Å². The zero-order valence-electron chi connectivity index (χ0n) is 12.6. The molecule has 2 rings (SSSR count). The highest BCUT2D eigenvalue weighted by atomic mass is 32.2. The summed E-state index contributed by atoms with van der Waals surface area (Å²) >= 11 is 1.03. The third kappa shape index (κ3) is 2.68. The van der Waals surface area contributed by atoms with Gasteiger partial charge in [0.25, 0.3) is 11.1 Å². The first-order chi connectivity index (χ1) is 9.31. The molecule has 0 atom stereocenters. The molecule has 5 heteroatoms. The van der Waals surface area contributed by atoms with Crippen LogP contribution in [0.25, 0.3) is 6.08 Å². The van der Waals surface area contributed by atoms with Crippen LogP contribution in [0.5, 0.6) is 0 Å². The fourth-order valence-electron chi connectivity index (χ4n) is 2.19. The number of carbonyl (C=O) groups is 2. The van der Waals surface area contributed by atoms with E-state index in [0.717, 1.165) is 28.7 Å². The summed E-state index contributed by atoms with van der Waals surface area (Å²) in [4.78, 5) is 26.0. The van der Waals surface area contributed by atoms with E-state index in [0.29, 0.717) is 11.4 Å². The number of imide groups is 1. The Morgan fingerprint density at radius 3 is 2.45 bits per heavy atom. The Hall–Kier alpha value is -1.49. The maximum Gasteiger partial charge on any atom is 0.293 e. The Kier molecular flexibility index (Phi) is 4.09. The van der Waals surface area contributed by atoms with Crippen LogP contribution in [0.4, 0.5) is 4.79 Å². The highest BCUT2D eigenvalue weighted by Crippen LogP contribution is 2.33. The van der Waals surface area contributed by atoms with Crippen molar-refractivity contribution in [1.29, 1.82) is 0 Å². The number of thioether (sulfide) groups is 1. The summed E-state index contributed by atoms with van der Waals surface area (Å²) in [5, 5.41) is -0.166. The van der Waals surface area contributed by atoms with E-state index in [2.05, 4.69) is 4.57 Å². The molecule has 1 saturated heterocycles. The van der Waals surface area contributed by atoms with E-state index in [1.54, 1.807) is 0 Å². The largest absolute Gasteiger partial charge is 0.352 e. The van der Waals surface area contributed by atoms with Gasteiger partial charge in [0, 0.05) is 25.0 Å². The number of nitrogens with zero attached hydrogens (tertiary/aromatic N) is 2. The maximum absolute atomic E-state index is 12.3. The summed E-state index contributed by atoms with van der Waals surface area (Å²) in [6.07, 6.45) is 1.83. The number of rotatable bonds is 3. The minimum Gasteiger partial charge on any atom is -0.352 e. The first-order valence-corrected chi connectivity index (χ1v) is 7.51. The Morgan fingerprint density at radius 2 is 1.95 bits per heavy atom. The van der Waals surface area contributed by atoms with E-state index in [1.165, 1.54) is 4.90 Å². The quantitative estimate of drug-likeness (QED) is 0.802. The van der Waals surface area contributed by atoms with E-state index in [1.807, 2.05) is 46.9 Å². The molecule has 1 fully saturated rings. The fourth-order valence-corrected chi connectivity index (χ4v) is 3.03. The van der Waals surface area contributed by atoms with Crippen LogP contribution in [0.2, 0.25) is 0 Å². The van der Waals surface area contributed by atoms with Crippen LogP contribution in [0.15, 0.2) is 11.0 Å². The predicted octanol–water partition coefficient (Wildman–Crippen LogP) is 3.33. The molecule has 2 amide bonds. The zero-order valence-corrected chi connectivity index (χ0v) is 13.4. The van der Waals surface area contributed by atoms with Gasteiger partial charge in [0.05, 0.1) is 4.91 Å². The Labute approximate surface area is 123 Å². The van der Waals surface area contributed by atoms with Crippen LogP contribution in [0, 0.1) is 19.8 Å². The molecule has 1 aliphatic heterocycles. The third-order valence-electron chi connectivity index (χ3n) is 3.52. The average Bonchev–Trinajstić information content (AvgIpc) is 2.75. The van der Waals surface area contributed by atoms with E-state index < -0.39 is 0 Å². The molecule has 2 heterocycles. The monoisotopic (exact) mass is 292 g/mol. The molecular formula is C15H20N2O2S. The molecule has 1 aromatic heterocycles. The topological polar surface area (TPSA) is 42.3 Å². The van der Waals surface area contributed by atoms with Crippen molar-refractivity contribution in [3.63, 3.8) is 0 Å². The second-order valence-corrected chi connectivity index (χ2v) is 6.56. The fraction of sp³-hybridized carbons (Fsp3) is 0.467. The first kappa shape index (κ1) is 14.9. The molecule has 0 bridgehead atoms. The lowest BCUT2D eigenvalue weighted by Gasteiger charge is -2.14. The molecule has 4 nitrogen and oxygen atoms in total. The van der Waals surface area contributed by atoms with Gasteiger partial charge in [-0.15, -0.1) is 0 Å². The molecule has 20 heavy (non-hydrogen) atoms. The second kappa shape index (κ2) is 5.48. The van der Waals surface area contributed by atoms with Crippen LogP contribution in [-0.2, 0) is 11.8 Å². The first-order valence-electron chi connectivity index (χ1n) is 6.69. The Balaban J connectivity index is 2.30. The van der Waals surface area contributed by atoms with Gasteiger partial charge in [0.1, 0.15) is 0 Å². The van der Waals surface area contributed by atoms with E-state index in [-0.39, 0.29) is 17.1 Å². The van der Waals surface area contributed by atoms with Gasteiger partial charge in [0.2, 0.25) is 0 Å². The van der Waals surface area contributed by atoms with Gasteiger partial charge in [-0.1, -0.05) is 13.8 Å². The summed E-state index contributed by atoms with van der Waals surface area (Å²) < 4.78 is 2.07. The summed E-state index contributed by atoms with van der Waals surface area (Å²) in [6.45, 7) is 8.51. The lowest BCUT2D eigenvalue weighted by molar-refractivity contribution is -0.123. The number of hydrogen-bond donors (Lipinski definition) is 0. The molecule has 0 aromatic carbocycles. The van der Waals surface area contributed by atoms with Gasteiger partial charge < -0.3 is 4.57 Å². The number of carbonyl (C=O) groups excluding carboxylic acids is 2. The van der Waals surface area contributed by atoms with Crippen LogP contribution in [0.1, 0.15) is 30.8 Å². The maximum atomic E-state index is 12.3. The van der Waals surface area contributed by atoms with Gasteiger partial charge in [-0.05, 0) is 49.2 Å². The zero-order chi connectivity index (χ0) is 15.0. The SMILES string of the molecule is Cc1cc(/C=C2\SC(=O)N(CC(C)C)C2=O)c(C)n1C. The second-order valence-electron chi connectivity index (χ2n) is 5.57. The smallest absolute Gasteiger partial charge is 0.293 e. The van der Waals surface area contributed by atoms with Crippen molar-refractivity contribution >= 4 is 29.0 Å². The molecule has 0 saturated carbocycles. The summed E-state index contributed by atoms with van der Waals surface area (Å²) in [5.41, 5.74) is 3.23. The van der Waals surface area contributed by atoms with Gasteiger partial charge in [-0.25, -0.2) is 0 Å². The minimum atomic E-state index is -0.172. The van der Waals surface area contributed by atoms with E-state index in [9.17, 15) is 9.59 Å². The molecule has 1 aromatic rings. The van der Waals surface area contributed by atoms with Crippen molar-refractivity contribution in [1.82, 2.24) is 9.47 Å². The van der Waals surface area contributed by atoms with Crippen molar-refractivity contribution in [2.75, 3.05) is 6.54 Å². The van der Waals surface area contributed by atoms with Gasteiger partial charge >= 0.3 is 0 Å². The molecule has 0 aliphatic carbocycles. The number of hydrogen-bond acceptors (Lipinski definition) is 3. The van der Waals surface area contributed by atoms with Gasteiger partial charge in [-0.2, -0.15) is 0 Å². The van der Waals surface area contributed by atoms with Crippen LogP contribution in [-0.4, -0.2) is 27.2 Å². The number of amides is 2. The standard InChI is InChI=1S/C15H20N2O2S/c1-9(2)8-17-14(18)13(20-15(17)19)7-12-6-10(3)16(5)11(12)4/h6-7,9H,8H2,1-5H3/b13-7-. The lowest BCUT2D eigenvalue weighted by Crippen LogP contribution is -2.31. The van der Waals surface area contributed by atoms with Crippen LogP contribution in [0.3, 0.4) is 0 Å². The number of aryl methyl sites for hydroxylation is 1. The molecular weight excluding hydrogens is 272 g/mol. The van der Waals surface area contributed by atoms with Crippen molar-refractivity contribution in [3.05, 3.63) is 27.9 Å². The van der Waals surface area contributed by atoms with Crippen molar-refractivity contribution in [2.45, 2.75) is 27.7 Å². The number of aromatic nitrogens is 1. The minimum absolute atomic E-state index is 0.166. The summed E-state index contributed by atoms with van der Waals surface area (Å²) in [5.74, 6) is 0.109. The van der Waals surface area contributed by atoms with E-state index >= 15 is 0 Å². The van der Waals surface area contributed by atoms with Crippen LogP contribution < -0.4 is 0 Å². The van der Waals surface area contributed by atoms with Crippen molar-refractivity contribution in [2.24, 2.45) is 13.0 Å². The van der Waals surface area contributed by atoms with Gasteiger partial charge in [0.15, 0.2) is 0 Å². The molecule has 0 radical (unpaired) electrons. The Bertz CT molecular complexity index is 599. The highest BCUT2D eigenvalue weighted by molar-refractivity contribution is 8.18. The lowest BCUT2D eigenvalue weighted by atomic mass is 10.2. The normalized spacial score (nSPS) is 17.9. The Morgan fingerprint density at radius 1 is 1.30 bits per heavy atom. The highest BCUT2D eigenvalue weighted by Gasteiger charge is 2.35. The predicted molar refractivity (Wildman–Crippen MR) is 82.4 cm³/mol. The molecule has 1 aliphatic rings. The van der Waals surface area contributed by atoms with Crippen molar-refractivity contribution in [3.8, 4) is 0 Å².